The Hall–Kier alpha value is -1.13. The van der Waals surface area contributed by atoms with E-state index in [1.807, 2.05) is 0 Å². The van der Waals surface area contributed by atoms with Crippen molar-refractivity contribution in [1.82, 2.24) is 15.0 Å². The fourth-order valence-electron chi connectivity index (χ4n) is 5.82. The highest BCUT2D eigenvalue weighted by atomic mass is 28.5. The topological polar surface area (TPSA) is 113 Å². The Labute approximate surface area is 209 Å². The van der Waals surface area contributed by atoms with E-state index < -0.39 is 52.4 Å². The zero-order valence-corrected chi connectivity index (χ0v) is 24.3. The van der Waals surface area contributed by atoms with E-state index in [1.165, 1.54) is 10.8 Å². The van der Waals surface area contributed by atoms with Crippen LogP contribution in [0, 0.1) is 6.92 Å². The quantitative estimate of drug-likeness (QED) is 0.562. The molecule has 3 saturated heterocycles. The molecule has 3 fully saturated rings. The van der Waals surface area contributed by atoms with E-state index in [9.17, 15) is 9.59 Å². The lowest BCUT2D eigenvalue weighted by Gasteiger charge is -2.54. The Morgan fingerprint density at radius 1 is 1.00 bits per heavy atom. The molecule has 1 aromatic heterocycles. The zero-order valence-electron chi connectivity index (χ0n) is 22.3. The van der Waals surface area contributed by atoms with Gasteiger partial charge in [0.15, 0.2) is 12.3 Å². The summed E-state index contributed by atoms with van der Waals surface area (Å²) in [6, 6.07) is 0. The van der Waals surface area contributed by atoms with Crippen molar-refractivity contribution in [3.05, 3.63) is 32.6 Å². The second kappa shape index (κ2) is 9.32. The Morgan fingerprint density at radius 3 is 2.17 bits per heavy atom. The molecule has 4 heterocycles. The molecule has 0 aromatic carbocycles. The van der Waals surface area contributed by atoms with Crippen LogP contribution in [0.2, 0.25) is 22.2 Å². The molecule has 2 N–H and O–H groups in total. The molecule has 4 rings (SSSR count). The van der Waals surface area contributed by atoms with Crippen molar-refractivity contribution in [3.8, 4) is 0 Å². The van der Waals surface area contributed by atoms with E-state index in [4.69, 9.17) is 22.5 Å². The Kier molecular flexibility index (Phi) is 7.17. The number of aromatic amines is 1. The highest BCUT2D eigenvalue weighted by Crippen LogP contribution is 2.52. The Balaban J connectivity index is 1.87. The molecule has 198 valence electrons. The van der Waals surface area contributed by atoms with Gasteiger partial charge < -0.3 is 17.7 Å². The van der Waals surface area contributed by atoms with Crippen LogP contribution in [0.5, 0.6) is 0 Å². The van der Waals surface area contributed by atoms with Gasteiger partial charge in [-0.1, -0.05) is 55.4 Å². The van der Waals surface area contributed by atoms with Gasteiger partial charge in [-0.2, -0.15) is 5.48 Å². The molecule has 1 aromatic rings. The predicted molar refractivity (Wildman–Crippen MR) is 136 cm³/mol. The minimum Gasteiger partial charge on any atom is -0.414 e. The van der Waals surface area contributed by atoms with E-state index >= 15 is 0 Å². The minimum absolute atomic E-state index is 0.149. The number of ether oxygens (including phenoxy) is 1. The van der Waals surface area contributed by atoms with E-state index in [1.54, 1.807) is 6.92 Å². The molecule has 4 atom stereocenters. The van der Waals surface area contributed by atoms with Crippen molar-refractivity contribution < 1.29 is 22.5 Å². The molecule has 3 aliphatic heterocycles. The molecule has 10 nitrogen and oxygen atoms in total. The zero-order chi connectivity index (χ0) is 25.9. The Bertz CT molecular complexity index is 1040. The smallest absolute Gasteiger partial charge is 0.335 e. The number of nitrogens with one attached hydrogen (secondary N) is 2. The van der Waals surface area contributed by atoms with E-state index in [0.717, 1.165) is 0 Å². The van der Waals surface area contributed by atoms with E-state index in [2.05, 4.69) is 65.9 Å². The third-order valence-corrected chi connectivity index (χ3v) is 18.1. The first-order chi connectivity index (χ1) is 16.3. The van der Waals surface area contributed by atoms with Crippen molar-refractivity contribution in [2.24, 2.45) is 0 Å². The summed E-state index contributed by atoms with van der Waals surface area (Å²) in [6.07, 6.45) is -0.402. The maximum atomic E-state index is 12.8. The summed E-state index contributed by atoms with van der Waals surface area (Å²) in [4.78, 5) is 33.2. The average Bonchev–Trinajstić information content (AvgIpc) is 2.90. The normalized spacial score (nSPS) is 32.2. The molecular weight excluding hydrogens is 486 g/mol. The van der Waals surface area contributed by atoms with Crippen LogP contribution in [0.25, 0.3) is 0 Å². The van der Waals surface area contributed by atoms with Crippen LogP contribution >= 0.6 is 0 Å². The van der Waals surface area contributed by atoms with Crippen LogP contribution in [0.1, 0.15) is 67.2 Å². The fourth-order valence-corrected chi connectivity index (χ4v) is 17.1. The molecule has 0 unspecified atom stereocenters. The van der Waals surface area contributed by atoms with Gasteiger partial charge in [0.25, 0.3) is 5.56 Å². The van der Waals surface area contributed by atoms with Crippen LogP contribution in [0.15, 0.2) is 15.8 Å². The second-order valence-corrected chi connectivity index (χ2v) is 20.3. The average molecular weight is 528 g/mol. The number of aromatic nitrogens is 2. The van der Waals surface area contributed by atoms with Crippen LogP contribution in [0.3, 0.4) is 0 Å². The number of H-pyrrole nitrogens is 1. The number of aryl methyl sites for hydroxylation is 1. The van der Waals surface area contributed by atoms with Gasteiger partial charge in [0.2, 0.25) is 0 Å². The molecular formula is C23H41N3O7Si2. The number of nitrogens with zero attached hydrogens (tertiary/aromatic N) is 1. The third kappa shape index (κ3) is 4.15. The molecule has 35 heavy (non-hydrogen) atoms. The van der Waals surface area contributed by atoms with Crippen LogP contribution in [-0.2, 0) is 22.5 Å². The van der Waals surface area contributed by atoms with Gasteiger partial charge in [-0.15, -0.1) is 0 Å². The van der Waals surface area contributed by atoms with Gasteiger partial charge >= 0.3 is 22.8 Å². The summed E-state index contributed by atoms with van der Waals surface area (Å²) in [7, 11) is -5.66. The van der Waals surface area contributed by atoms with Crippen molar-refractivity contribution in [2.75, 3.05) is 13.2 Å². The molecule has 0 amide bonds. The van der Waals surface area contributed by atoms with Gasteiger partial charge in [0, 0.05) is 11.8 Å². The summed E-state index contributed by atoms with van der Waals surface area (Å²) in [6.45, 7) is 19.6. The maximum Gasteiger partial charge on any atom is 0.335 e. The third-order valence-electron chi connectivity index (χ3n) is 7.86. The molecule has 0 spiro atoms. The SMILES string of the molecule is Cc1cn([C@@H]2O[C@@]34CNO[C@@H]2[C@@H]3O[Si](C(C)C)(C(C)C)O[Si](C(C)C)(C(C)C)OC4)c(=O)[nH]c1=O. The lowest BCUT2D eigenvalue weighted by molar-refractivity contribution is -0.164. The first kappa shape index (κ1) is 26.9. The maximum absolute atomic E-state index is 12.8. The summed E-state index contributed by atoms with van der Waals surface area (Å²) in [5, 5.41) is 0. The van der Waals surface area contributed by atoms with Gasteiger partial charge in [0.05, 0.1) is 13.2 Å². The predicted octanol–water partition coefficient (Wildman–Crippen LogP) is 2.97. The van der Waals surface area contributed by atoms with E-state index in [-0.39, 0.29) is 28.8 Å². The number of rotatable bonds is 5. The number of hydrogen-bond acceptors (Lipinski definition) is 8. The molecule has 2 bridgehead atoms. The minimum atomic E-state index is -2.90. The first-order valence-corrected chi connectivity index (χ1v) is 16.6. The van der Waals surface area contributed by atoms with Crippen molar-refractivity contribution in [3.63, 3.8) is 0 Å². The van der Waals surface area contributed by atoms with E-state index in [0.29, 0.717) is 12.1 Å². The summed E-state index contributed by atoms with van der Waals surface area (Å²) in [5.74, 6) is 0. The largest absolute Gasteiger partial charge is 0.414 e. The monoisotopic (exact) mass is 527 g/mol. The van der Waals surface area contributed by atoms with Gasteiger partial charge in [0.1, 0.15) is 11.7 Å². The Morgan fingerprint density at radius 2 is 1.60 bits per heavy atom. The number of hydrogen-bond donors (Lipinski definition) is 2. The van der Waals surface area contributed by atoms with Gasteiger partial charge in [-0.05, 0) is 29.1 Å². The molecule has 3 aliphatic rings. The fraction of sp³-hybridized carbons (Fsp3) is 0.826. The summed E-state index contributed by atoms with van der Waals surface area (Å²) >= 11 is 0. The number of hydroxylamine groups is 1. The molecule has 0 aliphatic carbocycles. The van der Waals surface area contributed by atoms with Crippen LogP contribution in [0.4, 0.5) is 0 Å². The summed E-state index contributed by atoms with van der Waals surface area (Å²) < 4.78 is 29.4. The summed E-state index contributed by atoms with van der Waals surface area (Å²) in [5.41, 5.74) is 2.30. The van der Waals surface area contributed by atoms with Crippen molar-refractivity contribution in [1.29, 1.82) is 0 Å². The highest BCUT2D eigenvalue weighted by Gasteiger charge is 2.68. The van der Waals surface area contributed by atoms with Crippen molar-refractivity contribution >= 4 is 17.1 Å². The first-order valence-electron chi connectivity index (χ1n) is 12.7. The highest BCUT2D eigenvalue weighted by molar-refractivity contribution is 6.84. The lowest BCUT2D eigenvalue weighted by atomic mass is 9.95. The van der Waals surface area contributed by atoms with Gasteiger partial charge in [-0.3, -0.25) is 19.2 Å². The van der Waals surface area contributed by atoms with Crippen molar-refractivity contribution in [2.45, 2.75) is 109 Å². The van der Waals surface area contributed by atoms with Gasteiger partial charge in [-0.25, -0.2) is 4.79 Å². The van der Waals surface area contributed by atoms with Crippen LogP contribution < -0.4 is 16.7 Å². The van der Waals surface area contributed by atoms with Crippen LogP contribution in [-0.4, -0.2) is 57.6 Å². The molecule has 0 saturated carbocycles. The molecule has 0 radical (unpaired) electrons. The second-order valence-electron chi connectivity index (χ2n) is 11.4. The lowest BCUT2D eigenvalue weighted by Crippen LogP contribution is -2.71. The molecule has 12 heteroatoms. The standard InChI is InChI=1S/C23H41N3O7Si2/c1-13(2)34(14(3)4)29-12-23-11-24-31-18(19(23)32-35(33-34,15(5)6)16(7)8)21(30-23)26-10-17(9)20(27)25-22(26)28/h10,13-16,18-19,21,24H,11-12H2,1-9H3,(H,25,27,28)/t18-,19+,21-,23-/m1/s1.